The monoisotopic (exact) mass is 537 g/mol. The van der Waals surface area contributed by atoms with Gasteiger partial charge in [0.05, 0.1) is 13.2 Å². The number of likely N-dealkylation sites (tertiary alicyclic amines) is 1. The molecule has 170 valence electrons. The number of guanidine groups is 1. The molecule has 1 aliphatic rings. The van der Waals surface area contributed by atoms with Gasteiger partial charge in [0, 0.05) is 39.9 Å². The summed E-state index contributed by atoms with van der Waals surface area (Å²) in [6.07, 6.45) is 2.53. The number of hydrogen-bond acceptors (Lipinski definition) is 4. The molecule has 2 N–H and O–H groups in total. The van der Waals surface area contributed by atoms with Crippen molar-refractivity contribution in [1.82, 2.24) is 15.5 Å². The number of benzene rings is 2. The minimum Gasteiger partial charge on any atom is -0.497 e. The van der Waals surface area contributed by atoms with Gasteiger partial charge in [-0.1, -0.05) is 24.3 Å². The first-order chi connectivity index (χ1) is 14.6. The lowest BCUT2D eigenvalue weighted by Crippen LogP contribution is -2.42. The number of anilines is 1. The molecule has 1 saturated heterocycles. The Bertz CT molecular complexity index is 802. The number of rotatable bonds is 8. The minimum absolute atomic E-state index is 0. The average Bonchev–Trinajstić information content (AvgIpc) is 3.31. The van der Waals surface area contributed by atoms with Gasteiger partial charge in [0.15, 0.2) is 5.96 Å². The summed E-state index contributed by atoms with van der Waals surface area (Å²) < 4.78 is 5.32. The van der Waals surface area contributed by atoms with Crippen molar-refractivity contribution in [2.75, 3.05) is 52.8 Å². The van der Waals surface area contributed by atoms with Crippen molar-refractivity contribution in [3.05, 3.63) is 59.7 Å². The third kappa shape index (κ3) is 7.28. The van der Waals surface area contributed by atoms with Gasteiger partial charge in [-0.3, -0.25) is 9.89 Å². The second-order valence-electron chi connectivity index (χ2n) is 7.90. The number of nitrogens with one attached hydrogen (secondary N) is 2. The van der Waals surface area contributed by atoms with Gasteiger partial charge >= 0.3 is 0 Å². The van der Waals surface area contributed by atoms with Crippen LogP contribution in [0.5, 0.6) is 5.75 Å². The standard InChI is InChI=1S/C24H35N5O.HI/c1-25-24(26-17-19-7-11-21(12-8-19)28(2)3)27-18-23(29-15-5-6-16-29)20-9-13-22(30-4)14-10-20;/h7-14,23H,5-6,15-18H2,1-4H3,(H2,25,26,27);1H. The zero-order chi connectivity index (χ0) is 21.3. The molecule has 1 aliphatic heterocycles. The molecule has 6 nitrogen and oxygen atoms in total. The van der Waals surface area contributed by atoms with Gasteiger partial charge in [-0.2, -0.15) is 0 Å². The van der Waals surface area contributed by atoms with E-state index in [9.17, 15) is 0 Å². The molecular formula is C24H36IN5O. The fraction of sp³-hybridized carbons (Fsp3) is 0.458. The zero-order valence-corrected chi connectivity index (χ0v) is 21.4. The number of methoxy groups -OCH3 is 1. The maximum atomic E-state index is 5.32. The molecular weight excluding hydrogens is 501 g/mol. The van der Waals surface area contributed by atoms with Crippen molar-refractivity contribution in [3.63, 3.8) is 0 Å². The summed E-state index contributed by atoms with van der Waals surface area (Å²) in [5.74, 6) is 1.72. The highest BCUT2D eigenvalue weighted by Crippen LogP contribution is 2.26. The molecule has 1 fully saturated rings. The van der Waals surface area contributed by atoms with Crippen LogP contribution in [0.3, 0.4) is 0 Å². The summed E-state index contributed by atoms with van der Waals surface area (Å²) in [5.41, 5.74) is 3.74. The fourth-order valence-corrected chi connectivity index (χ4v) is 3.85. The molecule has 1 heterocycles. The predicted octanol–water partition coefficient (Wildman–Crippen LogP) is 3.88. The van der Waals surface area contributed by atoms with E-state index >= 15 is 0 Å². The van der Waals surface area contributed by atoms with E-state index in [0.29, 0.717) is 6.04 Å². The lowest BCUT2D eigenvalue weighted by Gasteiger charge is -2.29. The lowest BCUT2D eigenvalue weighted by atomic mass is 10.1. The van der Waals surface area contributed by atoms with E-state index < -0.39 is 0 Å². The summed E-state index contributed by atoms with van der Waals surface area (Å²) in [6, 6.07) is 17.3. The smallest absolute Gasteiger partial charge is 0.191 e. The maximum absolute atomic E-state index is 5.32. The molecule has 0 amide bonds. The summed E-state index contributed by atoms with van der Waals surface area (Å²) in [6.45, 7) is 3.83. The van der Waals surface area contributed by atoms with Crippen LogP contribution in [-0.2, 0) is 6.54 Å². The molecule has 3 rings (SSSR count). The number of nitrogens with zero attached hydrogens (tertiary/aromatic N) is 3. The molecule has 1 unspecified atom stereocenters. The highest BCUT2D eigenvalue weighted by Gasteiger charge is 2.23. The molecule has 0 bridgehead atoms. The number of halogens is 1. The Morgan fingerprint density at radius 1 is 1.03 bits per heavy atom. The van der Waals surface area contributed by atoms with Gasteiger partial charge in [-0.15, -0.1) is 24.0 Å². The molecule has 0 aliphatic carbocycles. The molecule has 31 heavy (non-hydrogen) atoms. The summed E-state index contributed by atoms with van der Waals surface area (Å²) >= 11 is 0. The largest absolute Gasteiger partial charge is 0.497 e. The molecule has 1 atom stereocenters. The van der Waals surface area contributed by atoms with E-state index in [1.807, 2.05) is 19.2 Å². The Kier molecular flexibility index (Phi) is 10.4. The van der Waals surface area contributed by atoms with Gasteiger partial charge in [0.2, 0.25) is 0 Å². The van der Waals surface area contributed by atoms with E-state index in [1.54, 1.807) is 7.11 Å². The molecule has 0 saturated carbocycles. The van der Waals surface area contributed by atoms with Gasteiger partial charge < -0.3 is 20.3 Å². The summed E-state index contributed by atoms with van der Waals surface area (Å²) in [4.78, 5) is 9.08. The normalized spacial score (nSPS) is 15.2. The Labute approximate surface area is 204 Å². The summed E-state index contributed by atoms with van der Waals surface area (Å²) in [7, 11) is 7.64. The van der Waals surface area contributed by atoms with Crippen LogP contribution in [0.15, 0.2) is 53.5 Å². The Hall–Kier alpha value is -2.00. The van der Waals surface area contributed by atoms with Crippen LogP contribution >= 0.6 is 24.0 Å². The van der Waals surface area contributed by atoms with Crippen molar-refractivity contribution in [2.24, 2.45) is 4.99 Å². The van der Waals surface area contributed by atoms with Crippen LogP contribution in [-0.4, -0.2) is 58.7 Å². The van der Waals surface area contributed by atoms with Crippen LogP contribution in [0, 0.1) is 0 Å². The summed E-state index contributed by atoms with van der Waals surface area (Å²) in [5, 5.41) is 6.97. The van der Waals surface area contributed by atoms with Crippen LogP contribution in [0.1, 0.15) is 30.0 Å². The van der Waals surface area contributed by atoms with E-state index in [-0.39, 0.29) is 24.0 Å². The second kappa shape index (κ2) is 12.8. The highest BCUT2D eigenvalue weighted by atomic mass is 127. The predicted molar refractivity (Wildman–Crippen MR) is 141 cm³/mol. The minimum atomic E-state index is 0. The van der Waals surface area contributed by atoms with E-state index in [4.69, 9.17) is 4.74 Å². The van der Waals surface area contributed by atoms with Gasteiger partial charge in [0.1, 0.15) is 5.75 Å². The van der Waals surface area contributed by atoms with Crippen molar-refractivity contribution in [1.29, 1.82) is 0 Å². The molecule has 0 radical (unpaired) electrons. The molecule has 7 heteroatoms. The molecule has 2 aromatic carbocycles. The number of aliphatic imine (C=N–C) groups is 1. The SMILES string of the molecule is CN=C(NCc1ccc(N(C)C)cc1)NCC(c1ccc(OC)cc1)N1CCCC1.I. The van der Waals surface area contributed by atoms with Crippen molar-refractivity contribution >= 4 is 35.6 Å². The molecule has 0 spiro atoms. The second-order valence-corrected chi connectivity index (χ2v) is 7.90. The maximum Gasteiger partial charge on any atom is 0.191 e. The van der Waals surface area contributed by atoms with E-state index in [1.165, 1.54) is 29.7 Å². The fourth-order valence-electron chi connectivity index (χ4n) is 3.85. The zero-order valence-electron chi connectivity index (χ0n) is 19.1. The van der Waals surface area contributed by atoms with Crippen LogP contribution in [0.25, 0.3) is 0 Å². The van der Waals surface area contributed by atoms with Crippen molar-refractivity contribution < 1.29 is 4.74 Å². The van der Waals surface area contributed by atoms with Crippen molar-refractivity contribution in [3.8, 4) is 5.75 Å². The Morgan fingerprint density at radius 2 is 1.68 bits per heavy atom. The molecule has 2 aromatic rings. The highest BCUT2D eigenvalue weighted by molar-refractivity contribution is 14.0. The van der Waals surface area contributed by atoms with Crippen LogP contribution in [0.2, 0.25) is 0 Å². The third-order valence-corrected chi connectivity index (χ3v) is 5.68. The number of hydrogen-bond donors (Lipinski definition) is 2. The van der Waals surface area contributed by atoms with Gasteiger partial charge in [-0.05, 0) is 61.3 Å². The molecule has 0 aromatic heterocycles. The van der Waals surface area contributed by atoms with Crippen LogP contribution < -0.4 is 20.3 Å². The van der Waals surface area contributed by atoms with Crippen LogP contribution in [0.4, 0.5) is 5.69 Å². The third-order valence-electron chi connectivity index (χ3n) is 5.68. The van der Waals surface area contributed by atoms with Crippen molar-refractivity contribution in [2.45, 2.75) is 25.4 Å². The lowest BCUT2D eigenvalue weighted by molar-refractivity contribution is 0.245. The first-order valence-electron chi connectivity index (χ1n) is 10.7. The quantitative estimate of drug-likeness (QED) is 0.304. The van der Waals surface area contributed by atoms with Gasteiger partial charge in [0.25, 0.3) is 0 Å². The Morgan fingerprint density at radius 3 is 2.23 bits per heavy atom. The van der Waals surface area contributed by atoms with Gasteiger partial charge in [-0.25, -0.2) is 0 Å². The Balaban J connectivity index is 0.00000341. The van der Waals surface area contributed by atoms with E-state index in [2.05, 4.69) is 75.9 Å². The van der Waals surface area contributed by atoms with E-state index in [0.717, 1.165) is 37.9 Å². The first kappa shape index (κ1) is 25.3. The number of ether oxygens (including phenoxy) is 1. The average molecular weight is 537 g/mol. The topological polar surface area (TPSA) is 52.1 Å². The first-order valence-corrected chi connectivity index (χ1v) is 10.7.